The number of hydrogen-bond donors (Lipinski definition) is 1. The highest BCUT2D eigenvalue weighted by Crippen LogP contribution is 2.22. The molecule has 0 aliphatic carbocycles. The van der Waals surface area contributed by atoms with Crippen LogP contribution in [-0.4, -0.2) is 27.9 Å². The number of nitrogens with two attached hydrogens (primary N) is 1. The minimum atomic E-state index is -0.0949. The molecule has 0 spiro atoms. The molecule has 1 aromatic heterocycles. The highest BCUT2D eigenvalue weighted by Gasteiger charge is 2.23. The fourth-order valence-electron chi connectivity index (χ4n) is 2.43. The summed E-state index contributed by atoms with van der Waals surface area (Å²) in [6.07, 6.45) is 2.99. The molecule has 4 heteroatoms. The van der Waals surface area contributed by atoms with Gasteiger partial charge in [-0.05, 0) is 37.8 Å². The van der Waals surface area contributed by atoms with Crippen molar-refractivity contribution in [2.45, 2.75) is 66.1 Å². The van der Waals surface area contributed by atoms with Crippen molar-refractivity contribution < 1.29 is 4.79 Å². The predicted octanol–water partition coefficient (Wildman–Crippen LogP) is 2.97. The molecule has 0 aliphatic heterocycles. The van der Waals surface area contributed by atoms with Crippen LogP contribution in [0.25, 0.3) is 0 Å². The van der Waals surface area contributed by atoms with Crippen molar-refractivity contribution >= 4 is 5.91 Å². The Morgan fingerprint density at radius 2 is 2.00 bits per heavy atom. The molecule has 1 atom stereocenters. The van der Waals surface area contributed by atoms with Crippen molar-refractivity contribution in [1.82, 2.24) is 9.88 Å². The molecule has 2 N–H and O–H groups in total. The third-order valence-electron chi connectivity index (χ3n) is 3.31. The van der Waals surface area contributed by atoms with E-state index in [0.717, 1.165) is 12.1 Å². The number of amides is 1. The maximum absolute atomic E-state index is 12.5. The van der Waals surface area contributed by atoms with E-state index in [4.69, 9.17) is 5.73 Å². The molecule has 4 nitrogen and oxygen atoms in total. The molecular weight excluding hydrogens is 262 g/mol. The van der Waals surface area contributed by atoms with Crippen LogP contribution in [0.5, 0.6) is 0 Å². The zero-order valence-corrected chi connectivity index (χ0v) is 14.0. The standard InChI is InChI=1S/C17H29N3O/c1-13(2)20(12-15-8-6-7-9-19-15)16(21)10-14(18)11-17(3,4)5/h6-9,13-14H,10-12,18H2,1-5H3. The van der Waals surface area contributed by atoms with Gasteiger partial charge in [-0.2, -0.15) is 0 Å². The van der Waals surface area contributed by atoms with Crippen molar-refractivity contribution in [3.63, 3.8) is 0 Å². The molecule has 1 rings (SSSR count). The second-order valence-electron chi connectivity index (χ2n) is 7.17. The molecule has 0 saturated carbocycles. The topological polar surface area (TPSA) is 59.2 Å². The van der Waals surface area contributed by atoms with Gasteiger partial charge in [-0.1, -0.05) is 26.8 Å². The lowest BCUT2D eigenvalue weighted by molar-refractivity contribution is -0.134. The zero-order valence-electron chi connectivity index (χ0n) is 14.0. The van der Waals surface area contributed by atoms with Gasteiger partial charge in [0.2, 0.25) is 5.91 Å². The largest absolute Gasteiger partial charge is 0.334 e. The Kier molecular flexibility index (Phi) is 6.34. The first-order valence-corrected chi connectivity index (χ1v) is 7.64. The SMILES string of the molecule is CC(C)N(Cc1ccccn1)C(=O)CC(N)CC(C)(C)C. The summed E-state index contributed by atoms with van der Waals surface area (Å²) < 4.78 is 0. The minimum absolute atomic E-state index is 0.0949. The lowest BCUT2D eigenvalue weighted by Gasteiger charge is -2.29. The van der Waals surface area contributed by atoms with Crippen LogP contribution in [0.4, 0.5) is 0 Å². The van der Waals surface area contributed by atoms with Crippen molar-refractivity contribution in [2.24, 2.45) is 11.1 Å². The first-order chi connectivity index (χ1) is 9.69. The maximum Gasteiger partial charge on any atom is 0.224 e. The lowest BCUT2D eigenvalue weighted by atomic mass is 9.87. The fourth-order valence-corrected chi connectivity index (χ4v) is 2.43. The van der Waals surface area contributed by atoms with E-state index < -0.39 is 0 Å². The molecule has 0 aromatic carbocycles. The Morgan fingerprint density at radius 3 is 2.48 bits per heavy atom. The van der Waals surface area contributed by atoms with E-state index in [9.17, 15) is 4.79 Å². The summed E-state index contributed by atoms with van der Waals surface area (Å²) >= 11 is 0. The van der Waals surface area contributed by atoms with Gasteiger partial charge in [0.25, 0.3) is 0 Å². The van der Waals surface area contributed by atoms with Crippen LogP contribution >= 0.6 is 0 Å². The Labute approximate surface area is 128 Å². The van der Waals surface area contributed by atoms with E-state index in [2.05, 4.69) is 25.8 Å². The predicted molar refractivity (Wildman–Crippen MR) is 86.6 cm³/mol. The number of carbonyl (C=O) groups excluding carboxylic acids is 1. The number of carbonyl (C=O) groups is 1. The summed E-state index contributed by atoms with van der Waals surface area (Å²) in [7, 11) is 0. The van der Waals surface area contributed by atoms with Gasteiger partial charge in [0, 0.05) is 24.7 Å². The molecule has 1 unspecified atom stereocenters. The fraction of sp³-hybridized carbons (Fsp3) is 0.647. The van der Waals surface area contributed by atoms with Gasteiger partial charge >= 0.3 is 0 Å². The first kappa shape index (κ1) is 17.6. The van der Waals surface area contributed by atoms with Crippen LogP contribution in [0.1, 0.15) is 53.2 Å². The smallest absolute Gasteiger partial charge is 0.224 e. The molecule has 0 bridgehead atoms. The summed E-state index contributed by atoms with van der Waals surface area (Å²) in [5, 5.41) is 0. The van der Waals surface area contributed by atoms with E-state index >= 15 is 0 Å². The van der Waals surface area contributed by atoms with Gasteiger partial charge in [0.1, 0.15) is 0 Å². The molecule has 0 radical (unpaired) electrons. The Morgan fingerprint density at radius 1 is 1.33 bits per heavy atom. The van der Waals surface area contributed by atoms with E-state index in [0.29, 0.717) is 13.0 Å². The van der Waals surface area contributed by atoms with Crippen molar-refractivity contribution in [2.75, 3.05) is 0 Å². The van der Waals surface area contributed by atoms with E-state index in [1.54, 1.807) is 6.20 Å². The summed E-state index contributed by atoms with van der Waals surface area (Å²) in [6, 6.07) is 5.81. The van der Waals surface area contributed by atoms with Crippen molar-refractivity contribution in [3.8, 4) is 0 Å². The molecule has 21 heavy (non-hydrogen) atoms. The van der Waals surface area contributed by atoms with Crippen molar-refractivity contribution in [1.29, 1.82) is 0 Å². The Hall–Kier alpha value is -1.42. The third kappa shape index (κ3) is 6.71. The van der Waals surface area contributed by atoms with Gasteiger partial charge in [-0.15, -0.1) is 0 Å². The number of pyridine rings is 1. The minimum Gasteiger partial charge on any atom is -0.334 e. The zero-order chi connectivity index (χ0) is 16.0. The van der Waals surface area contributed by atoms with E-state index in [1.807, 2.05) is 36.9 Å². The van der Waals surface area contributed by atoms with E-state index in [1.165, 1.54) is 0 Å². The van der Waals surface area contributed by atoms with Gasteiger partial charge < -0.3 is 10.6 Å². The first-order valence-electron chi connectivity index (χ1n) is 7.64. The summed E-state index contributed by atoms with van der Waals surface area (Å²) in [6.45, 7) is 11.0. The third-order valence-corrected chi connectivity index (χ3v) is 3.31. The van der Waals surface area contributed by atoms with Crippen LogP contribution < -0.4 is 5.73 Å². The second kappa shape index (κ2) is 7.55. The normalized spacial score (nSPS) is 13.3. The number of rotatable bonds is 6. The maximum atomic E-state index is 12.5. The second-order valence-corrected chi connectivity index (χ2v) is 7.17. The Bertz CT molecular complexity index is 437. The molecule has 118 valence electrons. The molecular formula is C17H29N3O. The number of nitrogens with zero attached hydrogens (tertiary/aromatic N) is 2. The van der Waals surface area contributed by atoms with Gasteiger partial charge in [-0.25, -0.2) is 0 Å². The molecule has 0 saturated heterocycles. The van der Waals surface area contributed by atoms with Crippen LogP contribution in [0.15, 0.2) is 24.4 Å². The van der Waals surface area contributed by atoms with Gasteiger partial charge in [0.15, 0.2) is 0 Å². The average Bonchev–Trinajstić information content (AvgIpc) is 2.34. The van der Waals surface area contributed by atoms with Crippen LogP contribution in [0.3, 0.4) is 0 Å². The van der Waals surface area contributed by atoms with E-state index in [-0.39, 0.29) is 23.4 Å². The lowest BCUT2D eigenvalue weighted by Crippen LogP contribution is -2.40. The van der Waals surface area contributed by atoms with Gasteiger partial charge in [-0.3, -0.25) is 9.78 Å². The molecule has 1 amide bonds. The summed E-state index contributed by atoms with van der Waals surface area (Å²) in [4.78, 5) is 18.7. The van der Waals surface area contributed by atoms with Crippen molar-refractivity contribution in [3.05, 3.63) is 30.1 Å². The molecule has 0 aliphatic rings. The van der Waals surface area contributed by atoms with Crippen LogP contribution in [-0.2, 0) is 11.3 Å². The summed E-state index contributed by atoms with van der Waals surface area (Å²) in [5.41, 5.74) is 7.18. The van der Waals surface area contributed by atoms with Crippen LogP contribution in [0, 0.1) is 5.41 Å². The number of aromatic nitrogens is 1. The summed E-state index contributed by atoms with van der Waals surface area (Å²) in [5.74, 6) is 0.104. The highest BCUT2D eigenvalue weighted by molar-refractivity contribution is 5.77. The molecule has 1 heterocycles. The average molecular weight is 291 g/mol. The monoisotopic (exact) mass is 291 g/mol. The van der Waals surface area contributed by atoms with Crippen LogP contribution in [0.2, 0.25) is 0 Å². The van der Waals surface area contributed by atoms with Gasteiger partial charge in [0.05, 0.1) is 12.2 Å². The molecule has 1 aromatic rings. The Balaban J connectivity index is 2.66. The quantitative estimate of drug-likeness (QED) is 0.876. The number of hydrogen-bond acceptors (Lipinski definition) is 3. The highest BCUT2D eigenvalue weighted by atomic mass is 16.2. The molecule has 0 fully saturated rings.